The van der Waals surface area contributed by atoms with Crippen molar-refractivity contribution >= 4 is 16.2 Å². The smallest absolute Gasteiger partial charge is 0.0897 e. The molecule has 0 heterocycles. The lowest BCUT2D eigenvalue weighted by Crippen LogP contribution is -1.86. The number of nitrogens with one attached hydrogen (secondary N) is 1. The van der Waals surface area contributed by atoms with Crippen molar-refractivity contribution in [2.24, 2.45) is 10.9 Å². The second-order valence-corrected chi connectivity index (χ2v) is 2.14. The summed E-state index contributed by atoms with van der Waals surface area (Å²) in [5.41, 5.74) is 1.39. The first kappa shape index (κ1) is 5.62. The van der Waals surface area contributed by atoms with Gasteiger partial charge in [0.15, 0.2) is 0 Å². The standard InChI is InChI=1S/C2H7N3S/c1-6(4)2-5-3/h2,4H,3H2,1H3/b5-2+. The largest absolute Gasteiger partial charge is 0.323 e. The van der Waals surface area contributed by atoms with E-state index < -0.39 is 10.7 Å². The number of rotatable bonds is 1. The Labute approximate surface area is 39.1 Å². The first-order valence-electron chi connectivity index (χ1n) is 1.36. The highest BCUT2D eigenvalue weighted by Crippen LogP contribution is 1.60. The Bertz CT molecular complexity index is 76.9. The Balaban J connectivity index is 3.30. The topological polar surface area (TPSA) is 62.2 Å². The molecule has 0 aromatic heterocycles. The van der Waals surface area contributed by atoms with Crippen LogP contribution >= 0.6 is 0 Å². The zero-order valence-electron chi connectivity index (χ0n) is 3.51. The van der Waals surface area contributed by atoms with Gasteiger partial charge in [-0.15, -0.1) is 0 Å². The second kappa shape index (κ2) is 2.84. The molecule has 1 unspecified atom stereocenters. The van der Waals surface area contributed by atoms with Crippen LogP contribution in [-0.2, 0) is 10.7 Å². The third-order valence-electron chi connectivity index (χ3n) is 0.219. The monoisotopic (exact) mass is 105 g/mol. The van der Waals surface area contributed by atoms with Crippen LogP contribution in [0.2, 0.25) is 0 Å². The van der Waals surface area contributed by atoms with E-state index >= 15 is 0 Å². The lowest BCUT2D eigenvalue weighted by Gasteiger charge is -1.75. The average molecular weight is 105 g/mol. The van der Waals surface area contributed by atoms with Crippen LogP contribution in [0.25, 0.3) is 0 Å². The fraction of sp³-hybridized carbons (Fsp3) is 0.500. The van der Waals surface area contributed by atoms with E-state index in [9.17, 15) is 0 Å². The predicted molar refractivity (Wildman–Crippen MR) is 28.7 cm³/mol. The summed E-state index contributed by atoms with van der Waals surface area (Å²) < 4.78 is 6.78. The highest BCUT2D eigenvalue weighted by atomic mass is 32.2. The van der Waals surface area contributed by atoms with Gasteiger partial charge in [0.25, 0.3) is 0 Å². The number of hydrogen-bond donors (Lipinski definition) is 2. The first-order chi connectivity index (χ1) is 2.77. The molecule has 36 valence electrons. The van der Waals surface area contributed by atoms with Crippen LogP contribution in [0, 0.1) is 4.78 Å². The molecule has 6 heavy (non-hydrogen) atoms. The zero-order chi connectivity index (χ0) is 4.99. The number of nitrogens with zero attached hydrogens (tertiary/aromatic N) is 1. The van der Waals surface area contributed by atoms with Crippen molar-refractivity contribution in [1.82, 2.24) is 0 Å². The number of hydrogen-bond acceptors (Lipinski definition) is 3. The van der Waals surface area contributed by atoms with E-state index in [1.807, 2.05) is 0 Å². The molecule has 0 rings (SSSR count). The molecule has 0 spiro atoms. The molecular weight excluding hydrogens is 98.1 g/mol. The van der Waals surface area contributed by atoms with E-state index in [-0.39, 0.29) is 0 Å². The van der Waals surface area contributed by atoms with Gasteiger partial charge in [0, 0.05) is 0 Å². The van der Waals surface area contributed by atoms with E-state index in [0.29, 0.717) is 0 Å². The molecule has 0 aliphatic rings. The van der Waals surface area contributed by atoms with E-state index in [0.717, 1.165) is 0 Å². The minimum absolute atomic E-state index is 0.482. The average Bonchev–Trinajstić information content (AvgIpc) is 1.35. The third-order valence-corrected chi connectivity index (χ3v) is 0.657. The number of nitrogens with two attached hydrogens (primary N) is 1. The third kappa shape index (κ3) is 3.62. The maximum atomic E-state index is 6.78. The van der Waals surface area contributed by atoms with Crippen LogP contribution in [0.1, 0.15) is 0 Å². The maximum Gasteiger partial charge on any atom is 0.0897 e. The van der Waals surface area contributed by atoms with Crippen molar-refractivity contribution in [2.75, 3.05) is 6.26 Å². The molecule has 3 nitrogen and oxygen atoms in total. The van der Waals surface area contributed by atoms with Crippen LogP contribution in [-0.4, -0.2) is 11.8 Å². The summed E-state index contributed by atoms with van der Waals surface area (Å²) in [5, 5.41) is 3.14. The minimum Gasteiger partial charge on any atom is -0.323 e. The van der Waals surface area contributed by atoms with Crippen molar-refractivity contribution in [1.29, 1.82) is 4.78 Å². The highest BCUT2D eigenvalue weighted by molar-refractivity contribution is 7.98. The summed E-state index contributed by atoms with van der Waals surface area (Å²) in [6.07, 6.45) is 1.72. The van der Waals surface area contributed by atoms with Gasteiger partial charge in [0.1, 0.15) is 0 Å². The van der Waals surface area contributed by atoms with Crippen molar-refractivity contribution in [2.45, 2.75) is 0 Å². The van der Waals surface area contributed by atoms with Gasteiger partial charge in [-0.3, -0.25) is 4.78 Å². The molecule has 0 saturated carbocycles. The van der Waals surface area contributed by atoms with Gasteiger partial charge < -0.3 is 5.84 Å². The molecule has 0 fully saturated rings. The van der Waals surface area contributed by atoms with Gasteiger partial charge in [-0.2, -0.15) is 5.10 Å². The van der Waals surface area contributed by atoms with E-state index in [1.54, 1.807) is 6.26 Å². The van der Waals surface area contributed by atoms with Crippen LogP contribution in [0.15, 0.2) is 5.10 Å². The van der Waals surface area contributed by atoms with Gasteiger partial charge in [-0.1, -0.05) is 10.7 Å². The minimum atomic E-state index is -0.482. The molecule has 0 aliphatic carbocycles. The van der Waals surface area contributed by atoms with Crippen molar-refractivity contribution in [3.63, 3.8) is 0 Å². The quantitative estimate of drug-likeness (QED) is 0.208. The van der Waals surface area contributed by atoms with Crippen LogP contribution in [0.4, 0.5) is 0 Å². The van der Waals surface area contributed by atoms with Crippen molar-refractivity contribution in [3.05, 3.63) is 0 Å². The van der Waals surface area contributed by atoms with Crippen molar-refractivity contribution < 1.29 is 0 Å². The Morgan fingerprint density at radius 3 is 2.50 bits per heavy atom. The molecule has 0 saturated heterocycles. The fourth-order valence-electron chi connectivity index (χ4n) is 0.0913. The molecule has 4 heteroatoms. The lowest BCUT2D eigenvalue weighted by atomic mass is 11.7. The van der Waals surface area contributed by atoms with E-state index in [1.165, 1.54) is 5.55 Å². The van der Waals surface area contributed by atoms with Crippen molar-refractivity contribution in [3.8, 4) is 0 Å². The summed E-state index contributed by atoms with van der Waals surface area (Å²) in [6, 6.07) is 0. The highest BCUT2D eigenvalue weighted by Gasteiger charge is 1.65. The van der Waals surface area contributed by atoms with Gasteiger partial charge in [0.2, 0.25) is 0 Å². The van der Waals surface area contributed by atoms with Gasteiger partial charge in [-0.25, -0.2) is 0 Å². The van der Waals surface area contributed by atoms with E-state index in [4.69, 9.17) is 4.78 Å². The lowest BCUT2D eigenvalue weighted by molar-refractivity contribution is 1.27. The van der Waals surface area contributed by atoms with Gasteiger partial charge in [-0.05, 0) is 6.26 Å². The Kier molecular flexibility index (Phi) is 2.66. The van der Waals surface area contributed by atoms with Gasteiger partial charge in [0.05, 0.1) is 5.55 Å². The van der Waals surface area contributed by atoms with Crippen LogP contribution in [0.3, 0.4) is 0 Å². The molecule has 3 N–H and O–H groups in total. The first-order valence-corrected chi connectivity index (χ1v) is 3.06. The molecular formula is C2H7N3S. The van der Waals surface area contributed by atoms with E-state index in [2.05, 4.69) is 10.9 Å². The normalized spacial score (nSPS) is 15.5. The molecule has 1 atom stereocenters. The summed E-state index contributed by atoms with van der Waals surface area (Å²) >= 11 is 0. The molecule has 0 bridgehead atoms. The predicted octanol–water partition coefficient (Wildman–Crippen LogP) is -0.101. The molecule has 0 amide bonds. The van der Waals surface area contributed by atoms with Crippen LogP contribution in [0.5, 0.6) is 0 Å². The zero-order valence-corrected chi connectivity index (χ0v) is 4.33. The molecule has 0 aromatic carbocycles. The number of hydrazone groups is 1. The summed E-state index contributed by atoms with van der Waals surface area (Å²) in [6.45, 7) is 0. The SMILES string of the molecule is CS(=N)/C=N/N. The van der Waals surface area contributed by atoms with Gasteiger partial charge >= 0.3 is 0 Å². The summed E-state index contributed by atoms with van der Waals surface area (Å²) in [7, 11) is -0.482. The Morgan fingerprint density at radius 1 is 2.00 bits per heavy atom. The second-order valence-electron chi connectivity index (χ2n) is 0.812. The fourth-order valence-corrected chi connectivity index (χ4v) is 0.274. The Hall–Kier alpha value is -0.380. The Morgan fingerprint density at radius 2 is 2.50 bits per heavy atom. The summed E-state index contributed by atoms with van der Waals surface area (Å²) in [5.74, 6) is 4.69. The molecule has 0 aliphatic heterocycles. The maximum absolute atomic E-state index is 6.78. The van der Waals surface area contributed by atoms with Crippen LogP contribution < -0.4 is 5.84 Å². The molecule has 0 aromatic rings. The molecule has 0 radical (unpaired) electrons. The summed E-state index contributed by atoms with van der Waals surface area (Å²) in [4.78, 5) is 0.